The Kier molecular flexibility index (Phi) is 4.87. The maximum atomic E-state index is 14.0. The summed E-state index contributed by atoms with van der Waals surface area (Å²) < 4.78 is 14.0. The van der Waals surface area contributed by atoms with E-state index >= 15 is 0 Å². The molecule has 8 heteroatoms. The van der Waals surface area contributed by atoms with E-state index in [1.54, 1.807) is 17.0 Å². The maximum absolute atomic E-state index is 14.0. The molecule has 2 heterocycles. The van der Waals surface area contributed by atoms with Gasteiger partial charge in [0.25, 0.3) is 0 Å². The Morgan fingerprint density at radius 1 is 1.16 bits per heavy atom. The van der Waals surface area contributed by atoms with Crippen LogP contribution in [-0.2, 0) is 16.9 Å². The van der Waals surface area contributed by atoms with E-state index in [4.69, 9.17) is 0 Å². The summed E-state index contributed by atoms with van der Waals surface area (Å²) in [7, 11) is 0. The number of hydrogen-bond acceptors (Lipinski definition) is 3. The molecule has 1 aromatic carbocycles. The van der Waals surface area contributed by atoms with Gasteiger partial charge in [0.15, 0.2) is 5.82 Å². The van der Waals surface area contributed by atoms with E-state index in [0.29, 0.717) is 5.82 Å². The first kappa shape index (κ1) is 21.3. The lowest BCUT2D eigenvalue weighted by atomic mass is 9.54. The minimum atomic E-state index is -0.696. The summed E-state index contributed by atoms with van der Waals surface area (Å²) in [5.41, 5.74) is 0.422. The first-order chi connectivity index (χ1) is 14.5. The smallest absolute Gasteiger partial charge is 0.309 e. The van der Waals surface area contributed by atoms with E-state index in [2.05, 4.69) is 41.6 Å². The quantitative estimate of drug-likeness (QED) is 0.645. The number of anilines is 2. The highest BCUT2D eigenvalue weighted by Gasteiger charge is 2.53. The van der Waals surface area contributed by atoms with Crippen molar-refractivity contribution in [2.24, 2.45) is 10.8 Å². The molecular weight excluding hydrogens is 397 g/mol. The number of urea groups is 1. The van der Waals surface area contributed by atoms with Crippen LogP contribution in [0.25, 0.3) is 0 Å². The van der Waals surface area contributed by atoms with Crippen LogP contribution < -0.4 is 10.6 Å². The van der Waals surface area contributed by atoms with Gasteiger partial charge in [-0.15, -0.1) is 0 Å². The van der Waals surface area contributed by atoms with Crippen molar-refractivity contribution in [3.8, 4) is 0 Å². The summed E-state index contributed by atoms with van der Waals surface area (Å²) in [6.45, 7) is 10.3. The van der Waals surface area contributed by atoms with Gasteiger partial charge in [-0.2, -0.15) is 5.10 Å². The van der Waals surface area contributed by atoms with Crippen LogP contribution in [-0.4, -0.2) is 27.0 Å². The monoisotopic (exact) mass is 427 g/mol. The normalized spacial score (nSPS) is 18.8. The fourth-order valence-corrected chi connectivity index (χ4v) is 4.77. The second-order valence-electron chi connectivity index (χ2n) is 10.1. The van der Waals surface area contributed by atoms with Gasteiger partial charge >= 0.3 is 6.03 Å². The molecule has 4 rings (SSSR count). The van der Waals surface area contributed by atoms with Crippen LogP contribution in [0.4, 0.5) is 20.7 Å². The molecule has 0 spiro atoms. The number of H-pyrrole nitrogens is 1. The van der Waals surface area contributed by atoms with E-state index in [0.717, 1.165) is 30.5 Å². The van der Waals surface area contributed by atoms with Gasteiger partial charge in [-0.1, -0.05) is 39.3 Å². The summed E-state index contributed by atoms with van der Waals surface area (Å²) in [5, 5.41) is 13.0. The third-order valence-corrected chi connectivity index (χ3v) is 7.14. The van der Waals surface area contributed by atoms with Crippen molar-refractivity contribution in [2.75, 3.05) is 10.6 Å². The van der Waals surface area contributed by atoms with Gasteiger partial charge in [-0.25, -0.2) is 9.18 Å². The van der Waals surface area contributed by atoms with Crippen molar-refractivity contribution in [1.82, 2.24) is 15.1 Å². The van der Waals surface area contributed by atoms with E-state index in [1.807, 2.05) is 13.8 Å². The summed E-state index contributed by atoms with van der Waals surface area (Å²) in [6.07, 6.45) is 2.76. The highest BCUT2D eigenvalue weighted by Crippen LogP contribution is 2.54. The van der Waals surface area contributed by atoms with Crippen LogP contribution in [0, 0.1) is 16.6 Å². The molecule has 3 N–H and O–H groups in total. The first-order valence-electron chi connectivity index (χ1n) is 10.7. The second kappa shape index (κ2) is 7.07. The third kappa shape index (κ3) is 3.28. The molecule has 1 aromatic heterocycles. The molecule has 2 aliphatic rings. The molecule has 0 radical (unpaired) electrons. The molecule has 166 valence electrons. The minimum absolute atomic E-state index is 0.0207. The Bertz CT molecular complexity index is 1030. The average Bonchev–Trinajstić information content (AvgIpc) is 3.13. The van der Waals surface area contributed by atoms with Gasteiger partial charge in [-0.05, 0) is 44.2 Å². The van der Waals surface area contributed by atoms with E-state index in [-0.39, 0.29) is 23.6 Å². The highest BCUT2D eigenvalue weighted by molar-refractivity contribution is 5.97. The maximum Gasteiger partial charge on any atom is 0.323 e. The largest absolute Gasteiger partial charge is 0.323 e. The minimum Gasteiger partial charge on any atom is -0.309 e. The number of halogens is 1. The van der Waals surface area contributed by atoms with Crippen molar-refractivity contribution in [3.63, 3.8) is 0 Å². The molecule has 31 heavy (non-hydrogen) atoms. The number of benzene rings is 1. The Hall–Kier alpha value is -2.90. The Balaban J connectivity index is 1.55. The predicted molar refractivity (Wildman–Crippen MR) is 117 cm³/mol. The predicted octanol–water partition coefficient (Wildman–Crippen LogP) is 4.99. The van der Waals surface area contributed by atoms with E-state index < -0.39 is 22.8 Å². The molecule has 3 amide bonds. The summed E-state index contributed by atoms with van der Waals surface area (Å²) in [4.78, 5) is 27.8. The SMILES string of the molecule is CC1(C)c2[nH]nc(NC(=O)C3(C(C)(C)C)CCC3)c2CN1C(=O)Nc1ccccc1F. The van der Waals surface area contributed by atoms with Gasteiger partial charge in [0.05, 0.1) is 28.9 Å². The lowest BCUT2D eigenvalue weighted by Gasteiger charge is -2.49. The summed E-state index contributed by atoms with van der Waals surface area (Å²) >= 11 is 0. The van der Waals surface area contributed by atoms with Crippen LogP contribution >= 0.6 is 0 Å². The van der Waals surface area contributed by atoms with Gasteiger partial charge in [0, 0.05) is 5.56 Å². The van der Waals surface area contributed by atoms with Crippen LogP contribution in [0.2, 0.25) is 0 Å². The molecule has 1 fully saturated rings. The number of carbonyl (C=O) groups excluding carboxylic acids is 2. The van der Waals surface area contributed by atoms with Crippen molar-refractivity contribution in [2.45, 2.75) is 66.0 Å². The summed E-state index contributed by atoms with van der Waals surface area (Å²) in [6, 6.07) is 5.65. The van der Waals surface area contributed by atoms with Crippen LogP contribution in [0.15, 0.2) is 24.3 Å². The van der Waals surface area contributed by atoms with Gasteiger partial charge in [0.1, 0.15) is 5.82 Å². The number of para-hydroxylation sites is 1. The topological polar surface area (TPSA) is 90.1 Å². The summed E-state index contributed by atoms with van der Waals surface area (Å²) in [5.74, 6) is -0.0497. The first-order valence-corrected chi connectivity index (χ1v) is 10.7. The van der Waals surface area contributed by atoms with E-state index in [9.17, 15) is 14.0 Å². The Morgan fingerprint density at radius 3 is 2.42 bits per heavy atom. The van der Waals surface area contributed by atoms with E-state index in [1.165, 1.54) is 12.1 Å². The number of aromatic amines is 1. The van der Waals surface area contributed by atoms with Gasteiger partial charge < -0.3 is 15.5 Å². The van der Waals surface area contributed by atoms with Gasteiger partial charge in [-0.3, -0.25) is 9.89 Å². The molecule has 0 unspecified atom stereocenters. The molecule has 2 aromatic rings. The lowest BCUT2D eigenvalue weighted by Crippen LogP contribution is -2.51. The molecule has 0 saturated heterocycles. The molecular formula is C23H30FN5O2. The molecule has 1 aliphatic carbocycles. The molecule has 0 bridgehead atoms. The number of carbonyl (C=O) groups is 2. The molecule has 7 nitrogen and oxygen atoms in total. The van der Waals surface area contributed by atoms with Crippen molar-refractivity contribution >= 4 is 23.4 Å². The third-order valence-electron chi connectivity index (χ3n) is 7.14. The lowest BCUT2D eigenvalue weighted by molar-refractivity contribution is -0.139. The standard InChI is InChI=1S/C23H30FN5O2/c1-21(2,3)23(11-8-12-23)19(30)26-18-14-13-29(22(4,5)17(14)27-28-18)20(31)25-16-10-7-6-9-15(16)24/h6-7,9-10H,8,11-13H2,1-5H3,(H,25,31)(H2,26,27,28,30). The molecule has 1 aliphatic heterocycles. The average molecular weight is 428 g/mol. The zero-order chi connectivity index (χ0) is 22.6. The Labute approximate surface area is 181 Å². The molecule has 0 atom stereocenters. The zero-order valence-electron chi connectivity index (χ0n) is 18.7. The number of amides is 3. The zero-order valence-corrected chi connectivity index (χ0v) is 18.7. The van der Waals surface area contributed by atoms with Crippen LogP contribution in [0.5, 0.6) is 0 Å². The number of nitrogens with one attached hydrogen (secondary N) is 3. The Morgan fingerprint density at radius 2 is 1.84 bits per heavy atom. The second-order valence-corrected chi connectivity index (χ2v) is 10.1. The fraction of sp³-hybridized carbons (Fsp3) is 0.522. The van der Waals surface area contributed by atoms with Gasteiger partial charge in [0.2, 0.25) is 5.91 Å². The molecule has 1 saturated carbocycles. The number of aromatic nitrogens is 2. The van der Waals surface area contributed by atoms with Crippen molar-refractivity contribution < 1.29 is 14.0 Å². The van der Waals surface area contributed by atoms with Crippen molar-refractivity contribution in [1.29, 1.82) is 0 Å². The number of hydrogen-bond donors (Lipinski definition) is 3. The highest BCUT2D eigenvalue weighted by atomic mass is 19.1. The van der Waals surface area contributed by atoms with Crippen LogP contribution in [0.3, 0.4) is 0 Å². The van der Waals surface area contributed by atoms with Crippen molar-refractivity contribution in [3.05, 3.63) is 41.3 Å². The fourth-order valence-electron chi connectivity index (χ4n) is 4.77. The number of rotatable bonds is 3. The van der Waals surface area contributed by atoms with Crippen LogP contribution in [0.1, 0.15) is 65.1 Å². The number of fused-ring (bicyclic) bond motifs is 1. The number of nitrogens with zero attached hydrogens (tertiary/aromatic N) is 2.